The maximum atomic E-state index is 12.5. The normalized spacial score (nSPS) is 15.0. The number of nitrogens with one attached hydrogen (secondary N) is 2. The Kier molecular flexibility index (Phi) is 5.00. The summed E-state index contributed by atoms with van der Waals surface area (Å²) in [5.41, 5.74) is 2.71. The number of hydrogen-bond acceptors (Lipinski definition) is 5. The monoisotopic (exact) mass is 364 g/mol. The highest BCUT2D eigenvalue weighted by atomic mass is 16.1. The molecule has 0 saturated heterocycles. The summed E-state index contributed by atoms with van der Waals surface area (Å²) in [5.74, 6) is 1.05. The van der Waals surface area contributed by atoms with Gasteiger partial charge in [-0.2, -0.15) is 5.10 Å². The van der Waals surface area contributed by atoms with E-state index in [1.807, 2.05) is 31.3 Å². The average Bonchev–Trinajstić information content (AvgIpc) is 3.09. The predicted octanol–water partition coefficient (Wildman–Crippen LogP) is 3.49. The van der Waals surface area contributed by atoms with Crippen LogP contribution in [0, 0.1) is 5.92 Å². The predicted molar refractivity (Wildman–Crippen MR) is 105 cm³/mol. The van der Waals surface area contributed by atoms with Crippen molar-refractivity contribution >= 4 is 28.4 Å². The van der Waals surface area contributed by atoms with Crippen LogP contribution in [0.5, 0.6) is 0 Å². The largest absolute Gasteiger partial charge is 0.365 e. The van der Waals surface area contributed by atoms with Crippen molar-refractivity contribution in [2.45, 2.75) is 38.6 Å². The Morgan fingerprint density at radius 3 is 2.93 bits per heavy atom. The van der Waals surface area contributed by atoms with E-state index in [2.05, 4.69) is 25.7 Å². The fourth-order valence-electron chi connectivity index (χ4n) is 3.66. The molecule has 1 aromatic carbocycles. The van der Waals surface area contributed by atoms with E-state index in [0.29, 0.717) is 6.54 Å². The molecule has 27 heavy (non-hydrogen) atoms. The van der Waals surface area contributed by atoms with Gasteiger partial charge in [0.1, 0.15) is 12.1 Å². The molecule has 0 atom stereocenters. The summed E-state index contributed by atoms with van der Waals surface area (Å²) in [6.07, 6.45) is 8.86. The number of amides is 1. The standard InChI is InChI=1S/C20H24N6O/c1-26-19-17(12-24-26)18(22-13-23-19)21-11-14-6-5-9-16(10-14)25-20(27)15-7-3-2-4-8-15/h5-6,9-10,12-13,15H,2-4,7-8,11H2,1H3,(H,25,27)(H,21,22,23). The van der Waals surface area contributed by atoms with Crippen LogP contribution in [0.15, 0.2) is 36.8 Å². The van der Waals surface area contributed by atoms with Gasteiger partial charge in [-0.3, -0.25) is 9.48 Å². The average molecular weight is 364 g/mol. The molecule has 4 rings (SSSR count). The van der Waals surface area contributed by atoms with Crippen molar-refractivity contribution in [2.24, 2.45) is 13.0 Å². The molecule has 2 heterocycles. The Hall–Kier alpha value is -2.96. The van der Waals surface area contributed by atoms with Gasteiger partial charge >= 0.3 is 0 Å². The van der Waals surface area contributed by atoms with Gasteiger partial charge in [-0.1, -0.05) is 31.4 Å². The molecule has 1 aliphatic carbocycles. The van der Waals surface area contributed by atoms with E-state index in [0.717, 1.165) is 53.8 Å². The molecule has 140 valence electrons. The van der Waals surface area contributed by atoms with E-state index in [1.165, 1.54) is 12.7 Å². The molecule has 2 aromatic heterocycles. The van der Waals surface area contributed by atoms with Gasteiger partial charge in [-0.05, 0) is 30.5 Å². The lowest BCUT2D eigenvalue weighted by atomic mass is 9.88. The van der Waals surface area contributed by atoms with Crippen LogP contribution in [-0.4, -0.2) is 25.7 Å². The van der Waals surface area contributed by atoms with Crippen LogP contribution in [0.25, 0.3) is 11.0 Å². The molecule has 0 bridgehead atoms. The lowest BCUT2D eigenvalue weighted by Gasteiger charge is -2.20. The zero-order chi connectivity index (χ0) is 18.6. The van der Waals surface area contributed by atoms with E-state index < -0.39 is 0 Å². The number of aryl methyl sites for hydroxylation is 1. The molecule has 0 radical (unpaired) electrons. The summed E-state index contributed by atoms with van der Waals surface area (Å²) in [6, 6.07) is 7.95. The molecule has 0 spiro atoms. The minimum absolute atomic E-state index is 0.146. The van der Waals surface area contributed by atoms with Gasteiger partial charge in [0.2, 0.25) is 5.91 Å². The van der Waals surface area contributed by atoms with E-state index in [1.54, 1.807) is 10.9 Å². The number of carbonyl (C=O) groups excluding carboxylic acids is 1. The minimum atomic E-state index is 0.146. The van der Waals surface area contributed by atoms with E-state index in [4.69, 9.17) is 0 Å². The highest BCUT2D eigenvalue weighted by molar-refractivity contribution is 5.92. The summed E-state index contributed by atoms with van der Waals surface area (Å²) < 4.78 is 1.73. The van der Waals surface area contributed by atoms with E-state index in [-0.39, 0.29) is 11.8 Å². The van der Waals surface area contributed by atoms with Crippen LogP contribution in [0.4, 0.5) is 11.5 Å². The first-order valence-corrected chi connectivity index (χ1v) is 9.47. The van der Waals surface area contributed by atoms with Crippen LogP contribution in [0.2, 0.25) is 0 Å². The molecule has 1 saturated carbocycles. The van der Waals surface area contributed by atoms with Crippen molar-refractivity contribution in [1.29, 1.82) is 0 Å². The van der Waals surface area contributed by atoms with Crippen LogP contribution >= 0.6 is 0 Å². The molecular formula is C20H24N6O. The number of anilines is 2. The van der Waals surface area contributed by atoms with Crippen molar-refractivity contribution < 1.29 is 4.79 Å². The van der Waals surface area contributed by atoms with Crippen LogP contribution < -0.4 is 10.6 Å². The van der Waals surface area contributed by atoms with Crippen LogP contribution in [-0.2, 0) is 18.4 Å². The third-order valence-electron chi connectivity index (χ3n) is 5.16. The SMILES string of the molecule is Cn1ncc2c(NCc3cccc(NC(=O)C4CCCCC4)c3)ncnc21. The molecular weight excluding hydrogens is 340 g/mol. The lowest BCUT2D eigenvalue weighted by molar-refractivity contribution is -0.120. The van der Waals surface area contributed by atoms with E-state index >= 15 is 0 Å². The maximum Gasteiger partial charge on any atom is 0.227 e. The second-order valence-electron chi connectivity index (χ2n) is 7.11. The zero-order valence-corrected chi connectivity index (χ0v) is 15.5. The molecule has 1 fully saturated rings. The highest BCUT2D eigenvalue weighted by Crippen LogP contribution is 2.25. The molecule has 2 N–H and O–H groups in total. The Morgan fingerprint density at radius 1 is 1.22 bits per heavy atom. The van der Waals surface area contributed by atoms with Crippen molar-refractivity contribution in [3.05, 3.63) is 42.4 Å². The molecule has 3 aromatic rings. The van der Waals surface area contributed by atoms with Crippen molar-refractivity contribution in [3.63, 3.8) is 0 Å². The quantitative estimate of drug-likeness (QED) is 0.724. The van der Waals surface area contributed by atoms with Crippen LogP contribution in [0.1, 0.15) is 37.7 Å². The summed E-state index contributed by atoms with van der Waals surface area (Å²) >= 11 is 0. The van der Waals surface area contributed by atoms with Gasteiger partial charge < -0.3 is 10.6 Å². The van der Waals surface area contributed by atoms with Gasteiger partial charge in [0, 0.05) is 25.2 Å². The molecule has 7 heteroatoms. The van der Waals surface area contributed by atoms with Gasteiger partial charge in [-0.25, -0.2) is 9.97 Å². The molecule has 1 aliphatic rings. The van der Waals surface area contributed by atoms with Gasteiger partial charge in [0.25, 0.3) is 0 Å². The van der Waals surface area contributed by atoms with E-state index in [9.17, 15) is 4.79 Å². The summed E-state index contributed by atoms with van der Waals surface area (Å²) in [5, 5.41) is 11.5. The Labute approximate surface area is 158 Å². The number of nitrogens with zero attached hydrogens (tertiary/aromatic N) is 4. The number of fused-ring (bicyclic) bond motifs is 1. The van der Waals surface area contributed by atoms with Gasteiger partial charge in [0.15, 0.2) is 5.65 Å². The first-order valence-electron chi connectivity index (χ1n) is 9.47. The lowest BCUT2D eigenvalue weighted by Crippen LogP contribution is -2.24. The fraction of sp³-hybridized carbons (Fsp3) is 0.400. The number of rotatable bonds is 5. The first kappa shape index (κ1) is 17.5. The topological polar surface area (TPSA) is 84.7 Å². The number of carbonyl (C=O) groups is 1. The summed E-state index contributed by atoms with van der Waals surface area (Å²) in [6.45, 7) is 0.605. The minimum Gasteiger partial charge on any atom is -0.365 e. The fourth-order valence-corrected chi connectivity index (χ4v) is 3.66. The summed E-state index contributed by atoms with van der Waals surface area (Å²) in [4.78, 5) is 21.0. The number of aromatic nitrogens is 4. The second kappa shape index (κ2) is 7.73. The maximum absolute atomic E-state index is 12.5. The third-order valence-corrected chi connectivity index (χ3v) is 5.16. The Morgan fingerprint density at radius 2 is 2.07 bits per heavy atom. The van der Waals surface area contributed by atoms with Crippen molar-refractivity contribution in [2.75, 3.05) is 10.6 Å². The molecule has 7 nitrogen and oxygen atoms in total. The van der Waals surface area contributed by atoms with Crippen molar-refractivity contribution in [3.8, 4) is 0 Å². The molecule has 1 amide bonds. The summed E-state index contributed by atoms with van der Waals surface area (Å²) in [7, 11) is 1.86. The third kappa shape index (κ3) is 3.92. The Balaban J connectivity index is 1.42. The first-order chi connectivity index (χ1) is 13.2. The van der Waals surface area contributed by atoms with Gasteiger partial charge in [0.05, 0.1) is 11.6 Å². The zero-order valence-electron chi connectivity index (χ0n) is 15.5. The smallest absolute Gasteiger partial charge is 0.227 e. The highest BCUT2D eigenvalue weighted by Gasteiger charge is 2.21. The van der Waals surface area contributed by atoms with Crippen molar-refractivity contribution in [1.82, 2.24) is 19.7 Å². The number of hydrogen-bond donors (Lipinski definition) is 2. The van der Waals surface area contributed by atoms with Crippen LogP contribution in [0.3, 0.4) is 0 Å². The Bertz CT molecular complexity index is 945. The molecule has 0 unspecified atom stereocenters. The second-order valence-corrected chi connectivity index (χ2v) is 7.11. The van der Waals surface area contributed by atoms with Gasteiger partial charge in [-0.15, -0.1) is 0 Å². The molecule has 0 aliphatic heterocycles. The number of benzene rings is 1.